The van der Waals surface area contributed by atoms with Crippen LogP contribution in [0.25, 0.3) is 20.5 Å². The van der Waals surface area contributed by atoms with Gasteiger partial charge in [-0.15, -0.1) is 11.3 Å². The summed E-state index contributed by atoms with van der Waals surface area (Å²) in [5.74, 6) is 0.463. The molecule has 2 N–H and O–H groups in total. The number of anilines is 1. The van der Waals surface area contributed by atoms with Crippen LogP contribution >= 0.6 is 27.3 Å². The zero-order valence-corrected chi connectivity index (χ0v) is 33.1. The van der Waals surface area contributed by atoms with E-state index in [0.717, 1.165) is 35.6 Å². The van der Waals surface area contributed by atoms with E-state index in [0.29, 0.717) is 70.0 Å². The lowest BCUT2D eigenvalue weighted by Crippen LogP contribution is -2.35. The standard InChI is InChI=1S/C42H41BrN2O10S/c1-2-29(46)24-31(48)26-45-41(49)35-4-3-5-36(38(35)42(45)50)44-16-17-51-18-19-52-20-21-53-22-23-54-32-11-13-33(14-12-32)55-39-34-15-10-30(47)25-37(34)56-40(39)27-6-8-28(43)9-7-27/h3-15,25,44,47H,2,16-24,26H2,1H3. The Morgan fingerprint density at radius 2 is 1.46 bits per heavy atom. The number of aromatic hydroxyl groups is 1. The molecule has 0 aliphatic carbocycles. The fraction of sp³-hybridized carbons (Fsp3) is 0.286. The predicted molar refractivity (Wildman–Crippen MR) is 216 cm³/mol. The van der Waals surface area contributed by atoms with E-state index in [1.807, 2.05) is 54.6 Å². The summed E-state index contributed by atoms with van der Waals surface area (Å²) < 4.78 is 31.0. The van der Waals surface area contributed by atoms with Crippen LogP contribution < -0.4 is 14.8 Å². The van der Waals surface area contributed by atoms with Crippen molar-refractivity contribution in [3.63, 3.8) is 0 Å². The van der Waals surface area contributed by atoms with Crippen molar-refractivity contribution >= 4 is 66.4 Å². The van der Waals surface area contributed by atoms with E-state index >= 15 is 0 Å². The van der Waals surface area contributed by atoms with Gasteiger partial charge in [-0.25, -0.2) is 0 Å². The number of ether oxygens (including phenoxy) is 5. The first-order valence-electron chi connectivity index (χ1n) is 18.1. The van der Waals surface area contributed by atoms with Crippen LogP contribution in [0.3, 0.4) is 0 Å². The SMILES string of the molecule is CCC(=O)CC(=O)CN1C(=O)c2cccc(NCCOCCOCCOCCOc3ccc(Oc4c(-c5ccc(Br)cc5)sc5cc(O)ccc45)cc3)c2C1=O. The van der Waals surface area contributed by atoms with Gasteiger partial charge in [-0.05, 0) is 72.3 Å². The molecular weight excluding hydrogens is 804 g/mol. The largest absolute Gasteiger partial charge is 0.508 e. The highest BCUT2D eigenvalue weighted by Crippen LogP contribution is 2.47. The molecular formula is C42H41BrN2O10S. The molecule has 0 radical (unpaired) electrons. The number of rotatable bonds is 22. The zero-order valence-electron chi connectivity index (χ0n) is 30.7. The lowest BCUT2D eigenvalue weighted by Gasteiger charge is -2.13. The van der Waals surface area contributed by atoms with Crippen molar-refractivity contribution in [3.8, 4) is 33.4 Å². The van der Waals surface area contributed by atoms with Crippen molar-refractivity contribution in [1.82, 2.24) is 4.90 Å². The Balaban J connectivity index is 0.836. The van der Waals surface area contributed by atoms with Gasteiger partial charge in [-0.1, -0.05) is 41.1 Å². The first kappa shape index (κ1) is 40.5. The summed E-state index contributed by atoms with van der Waals surface area (Å²) in [5, 5.41) is 14.1. The number of phenolic OH excluding ortho intramolecular Hbond substituents is 1. The van der Waals surface area contributed by atoms with Crippen molar-refractivity contribution in [2.45, 2.75) is 19.8 Å². The molecule has 0 spiro atoms. The molecule has 56 heavy (non-hydrogen) atoms. The molecule has 0 atom stereocenters. The number of hydrogen-bond acceptors (Lipinski definition) is 12. The number of amides is 2. The highest BCUT2D eigenvalue weighted by Gasteiger charge is 2.38. The summed E-state index contributed by atoms with van der Waals surface area (Å²) in [7, 11) is 0. The molecule has 0 bridgehead atoms. The van der Waals surface area contributed by atoms with Gasteiger partial charge in [-0.3, -0.25) is 24.1 Å². The number of imide groups is 1. The Morgan fingerprint density at radius 3 is 2.18 bits per heavy atom. The fourth-order valence-electron chi connectivity index (χ4n) is 5.90. The average molecular weight is 846 g/mol. The zero-order chi connectivity index (χ0) is 39.4. The van der Waals surface area contributed by atoms with E-state index in [9.17, 15) is 24.3 Å². The molecule has 4 aromatic carbocycles. The molecule has 0 unspecified atom stereocenters. The number of hydrogen-bond donors (Lipinski definition) is 2. The maximum absolute atomic E-state index is 13.0. The second-order valence-corrected chi connectivity index (χ2v) is 14.6. The van der Waals surface area contributed by atoms with E-state index < -0.39 is 24.1 Å². The topological polar surface area (TPSA) is 150 Å². The van der Waals surface area contributed by atoms with Gasteiger partial charge in [0.15, 0.2) is 11.5 Å². The smallest absolute Gasteiger partial charge is 0.264 e. The van der Waals surface area contributed by atoms with E-state index in [1.165, 1.54) is 0 Å². The van der Waals surface area contributed by atoms with Crippen LogP contribution in [0.1, 0.15) is 40.5 Å². The number of carbonyl (C=O) groups is 4. The molecule has 5 aromatic rings. The summed E-state index contributed by atoms with van der Waals surface area (Å²) >= 11 is 5.06. The molecule has 1 aromatic heterocycles. The lowest BCUT2D eigenvalue weighted by molar-refractivity contribution is -0.127. The minimum Gasteiger partial charge on any atom is -0.508 e. The molecule has 14 heteroatoms. The van der Waals surface area contributed by atoms with Gasteiger partial charge < -0.3 is 34.1 Å². The third-order valence-corrected chi connectivity index (χ3v) is 10.4. The van der Waals surface area contributed by atoms with Crippen LogP contribution in [0.15, 0.2) is 89.4 Å². The van der Waals surface area contributed by atoms with Crippen LogP contribution in [-0.2, 0) is 23.8 Å². The molecule has 0 saturated carbocycles. The van der Waals surface area contributed by atoms with Gasteiger partial charge in [0.2, 0.25) is 0 Å². The number of halogens is 1. The average Bonchev–Trinajstić information content (AvgIpc) is 3.66. The van der Waals surface area contributed by atoms with Crippen molar-refractivity contribution in [2.75, 3.05) is 64.7 Å². The molecule has 292 valence electrons. The Morgan fingerprint density at radius 1 is 0.786 bits per heavy atom. The highest BCUT2D eigenvalue weighted by atomic mass is 79.9. The molecule has 12 nitrogen and oxygen atoms in total. The number of thiophene rings is 1. The first-order chi connectivity index (χ1) is 27.2. The van der Waals surface area contributed by atoms with E-state index in [-0.39, 0.29) is 35.5 Å². The van der Waals surface area contributed by atoms with E-state index in [1.54, 1.807) is 48.6 Å². The minimum absolute atomic E-state index is 0.206. The normalized spacial score (nSPS) is 12.3. The number of ketones is 2. The maximum atomic E-state index is 13.0. The summed E-state index contributed by atoms with van der Waals surface area (Å²) in [6.07, 6.45) is -0.0801. The van der Waals surface area contributed by atoms with Crippen LogP contribution in [0, 0.1) is 0 Å². The van der Waals surface area contributed by atoms with Gasteiger partial charge in [0.1, 0.15) is 29.6 Å². The Bertz CT molecular complexity index is 2170. The highest BCUT2D eigenvalue weighted by molar-refractivity contribution is 9.10. The molecule has 1 aliphatic heterocycles. The molecule has 1 aliphatic rings. The number of carbonyl (C=O) groups excluding carboxylic acids is 4. The second-order valence-electron chi connectivity index (χ2n) is 12.7. The molecule has 0 fully saturated rings. The number of nitrogens with zero attached hydrogens (tertiary/aromatic N) is 1. The first-order valence-corrected chi connectivity index (χ1v) is 19.7. The Labute approximate surface area is 336 Å². The van der Waals surface area contributed by atoms with E-state index in [2.05, 4.69) is 21.2 Å². The quantitative estimate of drug-likeness (QED) is 0.0398. The third-order valence-electron chi connectivity index (χ3n) is 8.70. The van der Waals surface area contributed by atoms with Crippen molar-refractivity contribution in [3.05, 3.63) is 101 Å². The number of Topliss-reactive ketones (excluding diaryl/α,β-unsaturated/α-hetero) is 2. The van der Waals surface area contributed by atoms with Crippen molar-refractivity contribution in [1.29, 1.82) is 0 Å². The van der Waals surface area contributed by atoms with E-state index in [4.69, 9.17) is 23.7 Å². The number of nitrogens with one attached hydrogen (secondary N) is 1. The van der Waals surface area contributed by atoms with Crippen LogP contribution in [0.2, 0.25) is 0 Å². The van der Waals surface area contributed by atoms with Gasteiger partial charge in [-0.2, -0.15) is 0 Å². The van der Waals surface area contributed by atoms with Gasteiger partial charge >= 0.3 is 0 Å². The summed E-state index contributed by atoms with van der Waals surface area (Å²) in [6, 6.07) is 25.6. The van der Waals surface area contributed by atoms with Crippen molar-refractivity contribution in [2.24, 2.45) is 0 Å². The molecule has 2 heterocycles. The lowest BCUT2D eigenvalue weighted by atomic mass is 10.1. The van der Waals surface area contributed by atoms with Crippen LogP contribution in [0.5, 0.6) is 23.0 Å². The fourth-order valence-corrected chi connectivity index (χ4v) is 7.33. The number of benzene rings is 4. The molecule has 2 amide bonds. The summed E-state index contributed by atoms with van der Waals surface area (Å²) in [5.41, 5.74) is 1.92. The molecule has 0 saturated heterocycles. The van der Waals surface area contributed by atoms with Gasteiger partial charge in [0, 0.05) is 33.2 Å². The summed E-state index contributed by atoms with van der Waals surface area (Å²) in [6.45, 7) is 4.22. The van der Waals surface area contributed by atoms with Gasteiger partial charge in [0.25, 0.3) is 11.8 Å². The summed E-state index contributed by atoms with van der Waals surface area (Å²) in [4.78, 5) is 51.5. The minimum atomic E-state index is -0.562. The van der Waals surface area contributed by atoms with Crippen LogP contribution in [0.4, 0.5) is 5.69 Å². The monoisotopic (exact) mass is 844 g/mol. The second kappa shape index (κ2) is 19.6. The maximum Gasteiger partial charge on any atom is 0.264 e. The number of phenols is 1. The Kier molecular flexibility index (Phi) is 14.2. The van der Waals surface area contributed by atoms with Crippen LogP contribution in [-0.4, -0.2) is 92.7 Å². The third kappa shape index (κ3) is 10.4. The molecule has 6 rings (SSSR count). The number of fused-ring (bicyclic) bond motifs is 2. The Hall–Kier alpha value is -5.12. The predicted octanol–water partition coefficient (Wildman–Crippen LogP) is 7.90. The van der Waals surface area contributed by atoms with Crippen molar-refractivity contribution < 1.29 is 48.0 Å². The van der Waals surface area contributed by atoms with Gasteiger partial charge in [0.05, 0.1) is 68.6 Å².